The summed E-state index contributed by atoms with van der Waals surface area (Å²) in [6.45, 7) is 1.50. The first-order valence-corrected chi connectivity index (χ1v) is 6.45. The van der Waals surface area contributed by atoms with Crippen molar-refractivity contribution in [1.29, 1.82) is 0 Å². The van der Waals surface area contributed by atoms with Gasteiger partial charge in [-0.15, -0.1) is 0 Å². The van der Waals surface area contributed by atoms with Crippen molar-refractivity contribution < 1.29 is 9.84 Å². The molecule has 0 amide bonds. The van der Waals surface area contributed by atoms with Gasteiger partial charge in [0.15, 0.2) is 0 Å². The fourth-order valence-electron chi connectivity index (χ4n) is 2.66. The first kappa shape index (κ1) is 11.6. The molecule has 1 aromatic carbocycles. The van der Waals surface area contributed by atoms with Crippen LogP contribution in [0.1, 0.15) is 24.5 Å². The van der Waals surface area contributed by atoms with Gasteiger partial charge < -0.3 is 9.84 Å². The third-order valence-corrected chi connectivity index (χ3v) is 3.73. The lowest BCUT2D eigenvalue weighted by atomic mass is 9.88. The Hall–Kier alpha value is -1.45. The fraction of sp³-hybridized carbons (Fsp3) is 0.400. The van der Waals surface area contributed by atoms with Crippen molar-refractivity contribution in [2.24, 2.45) is 5.92 Å². The second-order valence-corrected chi connectivity index (χ2v) is 4.84. The van der Waals surface area contributed by atoms with E-state index in [4.69, 9.17) is 4.74 Å². The molecule has 0 bridgehead atoms. The average molecular weight is 243 g/mol. The normalized spacial score (nSPS) is 18.9. The number of aliphatic hydroxyl groups excluding tert-OH is 1. The van der Waals surface area contributed by atoms with Crippen molar-refractivity contribution in [3.63, 3.8) is 0 Å². The molecule has 0 saturated carbocycles. The van der Waals surface area contributed by atoms with Crippen molar-refractivity contribution in [2.75, 3.05) is 13.2 Å². The Kier molecular flexibility index (Phi) is 3.26. The summed E-state index contributed by atoms with van der Waals surface area (Å²) in [4.78, 5) is 4.24. The Morgan fingerprint density at radius 1 is 1.17 bits per heavy atom. The number of nitrogens with zero attached hydrogens (tertiary/aromatic N) is 1. The molecule has 1 fully saturated rings. The molecule has 1 N–H and O–H groups in total. The number of benzene rings is 1. The van der Waals surface area contributed by atoms with E-state index in [9.17, 15) is 5.11 Å². The highest BCUT2D eigenvalue weighted by molar-refractivity contribution is 5.84. The Morgan fingerprint density at radius 3 is 2.78 bits per heavy atom. The van der Waals surface area contributed by atoms with Gasteiger partial charge in [-0.3, -0.25) is 4.98 Å². The van der Waals surface area contributed by atoms with Crippen molar-refractivity contribution >= 4 is 10.8 Å². The van der Waals surface area contributed by atoms with Crippen LogP contribution in [0.25, 0.3) is 10.8 Å². The Labute approximate surface area is 106 Å². The minimum atomic E-state index is -0.438. The van der Waals surface area contributed by atoms with Gasteiger partial charge in [0.2, 0.25) is 0 Å². The summed E-state index contributed by atoms with van der Waals surface area (Å²) in [6, 6.07) is 8.08. The van der Waals surface area contributed by atoms with Crippen LogP contribution >= 0.6 is 0 Å². The molecule has 1 saturated heterocycles. The van der Waals surface area contributed by atoms with E-state index in [2.05, 4.69) is 11.1 Å². The topological polar surface area (TPSA) is 42.4 Å². The molecular formula is C15H17NO2. The maximum absolute atomic E-state index is 10.5. The zero-order valence-electron chi connectivity index (χ0n) is 10.2. The maximum atomic E-state index is 10.5. The molecule has 3 heteroatoms. The van der Waals surface area contributed by atoms with Gasteiger partial charge in [-0.1, -0.05) is 24.3 Å². The zero-order valence-corrected chi connectivity index (χ0v) is 10.2. The number of hydrogen-bond acceptors (Lipinski definition) is 3. The molecule has 1 atom stereocenters. The van der Waals surface area contributed by atoms with Crippen molar-refractivity contribution in [3.05, 3.63) is 42.2 Å². The highest BCUT2D eigenvalue weighted by Gasteiger charge is 2.24. The average Bonchev–Trinajstić information content (AvgIpc) is 2.47. The minimum Gasteiger partial charge on any atom is -0.388 e. The number of aromatic nitrogens is 1. The molecule has 3 rings (SSSR count). The number of ether oxygens (including phenoxy) is 1. The van der Waals surface area contributed by atoms with E-state index in [1.54, 1.807) is 6.20 Å². The number of pyridine rings is 1. The van der Waals surface area contributed by atoms with E-state index in [0.29, 0.717) is 0 Å². The van der Waals surface area contributed by atoms with Crippen LogP contribution in [-0.2, 0) is 4.74 Å². The standard InChI is InChI=1S/C15H17NO2/c17-15(11-5-7-18-8-6-11)14-10-16-9-12-3-1-2-4-13(12)14/h1-4,9-11,15,17H,5-8H2. The molecule has 2 heterocycles. The molecule has 1 unspecified atom stereocenters. The van der Waals surface area contributed by atoms with E-state index in [0.717, 1.165) is 42.4 Å². The van der Waals surface area contributed by atoms with Crippen molar-refractivity contribution in [2.45, 2.75) is 18.9 Å². The lowest BCUT2D eigenvalue weighted by Crippen LogP contribution is -2.22. The Morgan fingerprint density at radius 2 is 1.94 bits per heavy atom. The highest BCUT2D eigenvalue weighted by Crippen LogP contribution is 2.33. The van der Waals surface area contributed by atoms with Gasteiger partial charge in [0, 0.05) is 36.6 Å². The van der Waals surface area contributed by atoms with Crippen LogP contribution in [0.3, 0.4) is 0 Å². The Bertz CT molecular complexity index is 530. The molecule has 0 spiro atoms. The van der Waals surface area contributed by atoms with Gasteiger partial charge in [0.25, 0.3) is 0 Å². The van der Waals surface area contributed by atoms with Gasteiger partial charge >= 0.3 is 0 Å². The summed E-state index contributed by atoms with van der Waals surface area (Å²) in [5, 5.41) is 12.7. The van der Waals surface area contributed by atoms with E-state index < -0.39 is 6.10 Å². The van der Waals surface area contributed by atoms with Crippen LogP contribution < -0.4 is 0 Å². The van der Waals surface area contributed by atoms with Gasteiger partial charge in [-0.25, -0.2) is 0 Å². The van der Waals surface area contributed by atoms with Gasteiger partial charge in [-0.05, 0) is 24.1 Å². The van der Waals surface area contributed by atoms with Crippen molar-refractivity contribution in [1.82, 2.24) is 4.98 Å². The number of rotatable bonds is 2. The van der Waals surface area contributed by atoms with Crippen LogP contribution in [0.4, 0.5) is 0 Å². The van der Waals surface area contributed by atoms with Gasteiger partial charge in [0.05, 0.1) is 6.10 Å². The summed E-state index contributed by atoms with van der Waals surface area (Å²) < 4.78 is 5.35. The predicted molar refractivity (Wildman–Crippen MR) is 70.2 cm³/mol. The number of fused-ring (bicyclic) bond motifs is 1. The summed E-state index contributed by atoms with van der Waals surface area (Å²) in [5.74, 6) is 0.284. The Balaban J connectivity index is 1.97. The third-order valence-electron chi connectivity index (χ3n) is 3.73. The molecule has 2 aromatic rings. The number of aliphatic hydroxyl groups is 1. The fourth-order valence-corrected chi connectivity index (χ4v) is 2.66. The highest BCUT2D eigenvalue weighted by atomic mass is 16.5. The van der Waals surface area contributed by atoms with Crippen LogP contribution in [0.15, 0.2) is 36.7 Å². The summed E-state index contributed by atoms with van der Waals surface area (Å²) in [7, 11) is 0. The molecule has 0 aliphatic carbocycles. The van der Waals surface area contributed by atoms with E-state index in [1.807, 2.05) is 24.4 Å². The second kappa shape index (κ2) is 5.04. The molecule has 1 aliphatic heterocycles. The summed E-state index contributed by atoms with van der Waals surface area (Å²) in [5.41, 5.74) is 0.944. The molecule has 1 aromatic heterocycles. The second-order valence-electron chi connectivity index (χ2n) is 4.84. The zero-order chi connectivity index (χ0) is 12.4. The lowest BCUT2D eigenvalue weighted by Gasteiger charge is -2.27. The van der Waals surface area contributed by atoms with Crippen LogP contribution in [0.2, 0.25) is 0 Å². The number of hydrogen-bond donors (Lipinski definition) is 1. The van der Waals surface area contributed by atoms with Gasteiger partial charge in [0.1, 0.15) is 0 Å². The smallest absolute Gasteiger partial charge is 0.0840 e. The minimum absolute atomic E-state index is 0.284. The van der Waals surface area contributed by atoms with E-state index in [1.165, 1.54) is 0 Å². The molecule has 94 valence electrons. The molecule has 0 radical (unpaired) electrons. The quantitative estimate of drug-likeness (QED) is 0.881. The van der Waals surface area contributed by atoms with Crippen LogP contribution in [0.5, 0.6) is 0 Å². The van der Waals surface area contributed by atoms with Crippen LogP contribution in [-0.4, -0.2) is 23.3 Å². The lowest BCUT2D eigenvalue weighted by molar-refractivity contribution is 0.00762. The molecular weight excluding hydrogens is 226 g/mol. The van der Waals surface area contributed by atoms with E-state index >= 15 is 0 Å². The first-order chi connectivity index (χ1) is 8.86. The van der Waals surface area contributed by atoms with Crippen molar-refractivity contribution in [3.8, 4) is 0 Å². The summed E-state index contributed by atoms with van der Waals surface area (Å²) >= 11 is 0. The monoisotopic (exact) mass is 243 g/mol. The SMILES string of the molecule is OC(c1cncc2ccccc12)C1CCOCC1. The molecule has 1 aliphatic rings. The first-order valence-electron chi connectivity index (χ1n) is 6.45. The predicted octanol–water partition coefficient (Wildman–Crippen LogP) is 2.69. The maximum Gasteiger partial charge on any atom is 0.0840 e. The largest absolute Gasteiger partial charge is 0.388 e. The molecule has 3 nitrogen and oxygen atoms in total. The van der Waals surface area contributed by atoms with Crippen LogP contribution in [0, 0.1) is 5.92 Å². The summed E-state index contributed by atoms with van der Waals surface area (Å²) in [6.07, 6.45) is 5.04. The third kappa shape index (κ3) is 2.11. The van der Waals surface area contributed by atoms with Gasteiger partial charge in [-0.2, -0.15) is 0 Å². The molecule has 18 heavy (non-hydrogen) atoms. The van der Waals surface area contributed by atoms with E-state index in [-0.39, 0.29) is 5.92 Å².